The standard InChI is InChI=1S/C10H8BrN.C2H6/c1-7-5-8-3-2-4-12-10(8)9(11)6-7;1-2/h2-6H,1H3;1-2H3. The second-order valence-corrected chi connectivity index (χ2v) is 3.68. The van der Waals surface area contributed by atoms with Crippen LogP contribution in [-0.2, 0) is 0 Å². The molecule has 0 bridgehead atoms. The van der Waals surface area contributed by atoms with Crippen molar-refractivity contribution in [2.24, 2.45) is 0 Å². The van der Waals surface area contributed by atoms with Crippen molar-refractivity contribution in [1.82, 2.24) is 4.98 Å². The summed E-state index contributed by atoms with van der Waals surface area (Å²) in [5.74, 6) is 0. The highest BCUT2D eigenvalue weighted by Gasteiger charge is 1.98. The Bertz CT molecular complexity index is 424. The predicted molar refractivity (Wildman–Crippen MR) is 65.5 cm³/mol. The van der Waals surface area contributed by atoms with Crippen molar-refractivity contribution in [2.75, 3.05) is 0 Å². The van der Waals surface area contributed by atoms with Crippen molar-refractivity contribution in [2.45, 2.75) is 20.8 Å². The van der Waals surface area contributed by atoms with E-state index in [4.69, 9.17) is 0 Å². The van der Waals surface area contributed by atoms with Crippen LogP contribution in [0.15, 0.2) is 34.9 Å². The Morgan fingerprint density at radius 3 is 2.64 bits per heavy atom. The smallest absolute Gasteiger partial charge is 0.0844 e. The molecule has 0 saturated heterocycles. The Morgan fingerprint density at radius 2 is 1.93 bits per heavy atom. The fraction of sp³-hybridized carbons (Fsp3) is 0.250. The summed E-state index contributed by atoms with van der Waals surface area (Å²) >= 11 is 3.49. The van der Waals surface area contributed by atoms with Gasteiger partial charge in [-0.25, -0.2) is 0 Å². The molecule has 74 valence electrons. The SMILES string of the molecule is CC.Cc1cc(Br)c2ncccc2c1. The first-order valence-electron chi connectivity index (χ1n) is 4.78. The molecular weight excluding hydrogens is 238 g/mol. The number of aryl methyl sites for hydroxylation is 1. The number of nitrogens with zero attached hydrogens (tertiary/aromatic N) is 1. The Balaban J connectivity index is 0.000000461. The maximum absolute atomic E-state index is 4.27. The minimum atomic E-state index is 1.03. The van der Waals surface area contributed by atoms with Gasteiger partial charge in [0.25, 0.3) is 0 Å². The van der Waals surface area contributed by atoms with Gasteiger partial charge in [-0.1, -0.05) is 19.9 Å². The highest BCUT2D eigenvalue weighted by Crippen LogP contribution is 2.22. The van der Waals surface area contributed by atoms with Crippen molar-refractivity contribution in [1.29, 1.82) is 0 Å². The first-order chi connectivity index (χ1) is 6.77. The Kier molecular flexibility index (Phi) is 4.08. The third kappa shape index (κ3) is 2.32. The third-order valence-corrected chi connectivity index (χ3v) is 2.41. The van der Waals surface area contributed by atoms with Crippen LogP contribution in [0.1, 0.15) is 19.4 Å². The van der Waals surface area contributed by atoms with Crippen molar-refractivity contribution in [3.8, 4) is 0 Å². The molecule has 1 nitrogen and oxygen atoms in total. The zero-order chi connectivity index (χ0) is 10.6. The molecule has 1 aromatic carbocycles. The Morgan fingerprint density at radius 1 is 1.21 bits per heavy atom. The molecule has 0 radical (unpaired) electrons. The van der Waals surface area contributed by atoms with Crippen LogP contribution < -0.4 is 0 Å². The molecule has 0 aliphatic heterocycles. The van der Waals surface area contributed by atoms with Crippen LogP contribution in [0.3, 0.4) is 0 Å². The van der Waals surface area contributed by atoms with E-state index in [1.807, 2.05) is 26.1 Å². The lowest BCUT2D eigenvalue weighted by atomic mass is 10.1. The monoisotopic (exact) mass is 251 g/mol. The highest BCUT2D eigenvalue weighted by molar-refractivity contribution is 9.10. The van der Waals surface area contributed by atoms with Gasteiger partial charge in [0.15, 0.2) is 0 Å². The fourth-order valence-corrected chi connectivity index (χ4v) is 1.98. The van der Waals surface area contributed by atoms with Gasteiger partial charge in [-0.15, -0.1) is 0 Å². The van der Waals surface area contributed by atoms with Crippen LogP contribution in [0.2, 0.25) is 0 Å². The van der Waals surface area contributed by atoms with Crippen molar-refractivity contribution in [3.05, 3.63) is 40.5 Å². The number of hydrogen-bond acceptors (Lipinski definition) is 1. The molecule has 0 N–H and O–H groups in total. The second-order valence-electron chi connectivity index (χ2n) is 2.82. The van der Waals surface area contributed by atoms with E-state index in [9.17, 15) is 0 Å². The molecule has 2 rings (SSSR count). The number of pyridine rings is 1. The van der Waals surface area contributed by atoms with E-state index in [1.165, 1.54) is 10.9 Å². The van der Waals surface area contributed by atoms with Crippen LogP contribution in [0.4, 0.5) is 0 Å². The maximum Gasteiger partial charge on any atom is 0.0844 e. The van der Waals surface area contributed by atoms with Crippen LogP contribution in [-0.4, -0.2) is 4.98 Å². The van der Waals surface area contributed by atoms with Gasteiger partial charge in [0.05, 0.1) is 5.52 Å². The molecule has 0 fully saturated rings. The summed E-state index contributed by atoms with van der Waals surface area (Å²) in [7, 11) is 0. The van der Waals surface area contributed by atoms with Gasteiger partial charge in [0, 0.05) is 16.1 Å². The lowest BCUT2D eigenvalue weighted by Gasteiger charge is -2.00. The van der Waals surface area contributed by atoms with Gasteiger partial charge >= 0.3 is 0 Å². The third-order valence-electron chi connectivity index (χ3n) is 1.80. The van der Waals surface area contributed by atoms with Gasteiger partial charge in [-0.3, -0.25) is 4.98 Å². The van der Waals surface area contributed by atoms with E-state index in [0.717, 1.165) is 9.99 Å². The second kappa shape index (κ2) is 5.11. The van der Waals surface area contributed by atoms with E-state index in [0.29, 0.717) is 0 Å². The molecule has 0 amide bonds. The first kappa shape index (κ1) is 11.2. The van der Waals surface area contributed by atoms with E-state index >= 15 is 0 Å². The lowest BCUT2D eigenvalue weighted by molar-refractivity contribution is 1.38. The van der Waals surface area contributed by atoms with Crippen molar-refractivity contribution >= 4 is 26.8 Å². The first-order valence-corrected chi connectivity index (χ1v) is 5.57. The molecule has 0 spiro atoms. The van der Waals surface area contributed by atoms with Crippen molar-refractivity contribution < 1.29 is 0 Å². The van der Waals surface area contributed by atoms with Gasteiger partial charge in [0.2, 0.25) is 0 Å². The van der Waals surface area contributed by atoms with Crippen LogP contribution in [0.5, 0.6) is 0 Å². The number of aromatic nitrogens is 1. The molecule has 1 heterocycles. The summed E-state index contributed by atoms with van der Waals surface area (Å²) in [4.78, 5) is 4.27. The zero-order valence-corrected chi connectivity index (χ0v) is 10.3. The number of fused-ring (bicyclic) bond motifs is 1. The Hall–Kier alpha value is -0.890. The molecule has 14 heavy (non-hydrogen) atoms. The zero-order valence-electron chi connectivity index (χ0n) is 8.71. The summed E-state index contributed by atoms with van der Waals surface area (Å²) < 4.78 is 1.07. The van der Waals surface area contributed by atoms with Crippen LogP contribution >= 0.6 is 15.9 Å². The predicted octanol–water partition coefficient (Wildman–Crippen LogP) is 4.33. The summed E-state index contributed by atoms with van der Waals surface area (Å²) in [5.41, 5.74) is 2.28. The quantitative estimate of drug-likeness (QED) is 0.679. The van der Waals surface area contributed by atoms with Gasteiger partial charge in [-0.2, -0.15) is 0 Å². The minimum absolute atomic E-state index is 1.03. The number of halogens is 1. The molecule has 1 aromatic heterocycles. The van der Waals surface area contributed by atoms with Gasteiger partial charge in [-0.05, 0) is 46.6 Å². The topological polar surface area (TPSA) is 12.9 Å². The van der Waals surface area contributed by atoms with Gasteiger partial charge in [0.1, 0.15) is 0 Å². The molecule has 0 aliphatic rings. The average molecular weight is 252 g/mol. The molecule has 0 aliphatic carbocycles. The molecular formula is C12H14BrN. The van der Waals surface area contributed by atoms with E-state index in [1.54, 1.807) is 0 Å². The molecule has 2 aromatic rings. The summed E-state index contributed by atoms with van der Waals surface area (Å²) in [6, 6.07) is 8.23. The molecule has 0 saturated carbocycles. The van der Waals surface area contributed by atoms with Crippen LogP contribution in [0.25, 0.3) is 10.9 Å². The maximum atomic E-state index is 4.27. The lowest BCUT2D eigenvalue weighted by Crippen LogP contribution is -1.80. The van der Waals surface area contributed by atoms with Crippen LogP contribution in [0, 0.1) is 6.92 Å². The summed E-state index contributed by atoms with van der Waals surface area (Å²) in [6.45, 7) is 6.08. The van der Waals surface area contributed by atoms with E-state index in [-0.39, 0.29) is 0 Å². The fourth-order valence-electron chi connectivity index (χ4n) is 1.29. The van der Waals surface area contributed by atoms with E-state index in [2.05, 4.69) is 46.0 Å². The summed E-state index contributed by atoms with van der Waals surface area (Å²) in [6.07, 6.45) is 1.81. The Labute approximate surface area is 93.3 Å². The minimum Gasteiger partial charge on any atom is -0.255 e. The molecule has 0 unspecified atom stereocenters. The number of hydrogen-bond donors (Lipinski definition) is 0. The molecule has 0 atom stereocenters. The van der Waals surface area contributed by atoms with E-state index < -0.39 is 0 Å². The molecule has 2 heteroatoms. The summed E-state index contributed by atoms with van der Waals surface area (Å²) in [5, 5.41) is 1.18. The number of benzene rings is 1. The average Bonchev–Trinajstić information content (AvgIpc) is 2.20. The van der Waals surface area contributed by atoms with Gasteiger partial charge < -0.3 is 0 Å². The van der Waals surface area contributed by atoms with Crippen molar-refractivity contribution in [3.63, 3.8) is 0 Å². The largest absolute Gasteiger partial charge is 0.255 e. The highest BCUT2D eigenvalue weighted by atomic mass is 79.9. The number of rotatable bonds is 0. The normalized spacial score (nSPS) is 9.43.